The van der Waals surface area contributed by atoms with Gasteiger partial charge in [0.1, 0.15) is 0 Å². The summed E-state index contributed by atoms with van der Waals surface area (Å²) in [6.45, 7) is 9.16. The third kappa shape index (κ3) is 5.65. The summed E-state index contributed by atoms with van der Waals surface area (Å²) < 4.78 is 5.75. The van der Waals surface area contributed by atoms with Crippen molar-refractivity contribution in [2.24, 2.45) is 5.41 Å². The van der Waals surface area contributed by atoms with Gasteiger partial charge >= 0.3 is 0 Å². The van der Waals surface area contributed by atoms with Gasteiger partial charge in [0.25, 0.3) is 0 Å². The smallest absolute Gasteiger partial charge is 0.0676 e. The molecule has 1 unspecified atom stereocenters. The van der Waals surface area contributed by atoms with Crippen molar-refractivity contribution in [1.29, 1.82) is 0 Å². The van der Waals surface area contributed by atoms with E-state index in [1.54, 1.807) is 0 Å². The first-order valence-corrected chi connectivity index (χ1v) is 8.37. The van der Waals surface area contributed by atoms with Gasteiger partial charge in [0.2, 0.25) is 0 Å². The zero-order valence-electron chi connectivity index (χ0n) is 12.8. The Kier molecular flexibility index (Phi) is 8.57. The number of thioether (sulfide) groups is 1. The largest absolute Gasteiger partial charge is 0.378 e. The van der Waals surface area contributed by atoms with E-state index in [0.717, 1.165) is 0 Å². The Morgan fingerprint density at radius 3 is 2.12 bits per heavy atom. The maximum atomic E-state index is 5.75. The van der Waals surface area contributed by atoms with Crippen LogP contribution >= 0.6 is 11.8 Å². The highest BCUT2D eigenvalue weighted by molar-refractivity contribution is 7.98. The van der Waals surface area contributed by atoms with Gasteiger partial charge in [-0.3, -0.25) is 0 Å². The van der Waals surface area contributed by atoms with Crippen LogP contribution in [-0.2, 0) is 4.74 Å². The van der Waals surface area contributed by atoms with Crippen molar-refractivity contribution in [3.05, 3.63) is 0 Å². The summed E-state index contributed by atoms with van der Waals surface area (Å²) >= 11 is 1.94. The molecule has 104 valence electrons. The van der Waals surface area contributed by atoms with Crippen LogP contribution in [0.1, 0.15) is 66.2 Å². The molecule has 0 spiro atoms. The molecule has 0 heterocycles. The van der Waals surface area contributed by atoms with E-state index in [1.807, 2.05) is 18.9 Å². The van der Waals surface area contributed by atoms with E-state index in [9.17, 15) is 0 Å². The van der Waals surface area contributed by atoms with E-state index in [0.29, 0.717) is 5.41 Å². The van der Waals surface area contributed by atoms with Crippen molar-refractivity contribution in [2.75, 3.05) is 19.1 Å². The van der Waals surface area contributed by atoms with Crippen molar-refractivity contribution < 1.29 is 4.74 Å². The van der Waals surface area contributed by atoms with Crippen molar-refractivity contribution in [3.8, 4) is 0 Å². The van der Waals surface area contributed by atoms with Gasteiger partial charge in [0, 0.05) is 7.11 Å². The molecular formula is C15H32OS. The Labute approximate surface area is 113 Å². The van der Waals surface area contributed by atoms with Crippen LogP contribution in [0.4, 0.5) is 0 Å². The molecule has 0 aromatic heterocycles. The lowest BCUT2D eigenvalue weighted by Crippen LogP contribution is -2.43. The van der Waals surface area contributed by atoms with E-state index in [2.05, 4.69) is 34.0 Å². The Morgan fingerprint density at radius 1 is 1.00 bits per heavy atom. The predicted octanol–water partition coefficient (Wildman–Crippen LogP) is 5.14. The van der Waals surface area contributed by atoms with Crippen LogP contribution < -0.4 is 0 Å². The van der Waals surface area contributed by atoms with Gasteiger partial charge in [0.15, 0.2) is 0 Å². The Hall–Kier alpha value is 0.310. The summed E-state index contributed by atoms with van der Waals surface area (Å²) in [5.41, 5.74) is 0.285. The van der Waals surface area contributed by atoms with Crippen LogP contribution in [0, 0.1) is 5.41 Å². The second-order valence-corrected chi connectivity index (χ2v) is 6.81. The normalized spacial score (nSPS) is 15.9. The van der Waals surface area contributed by atoms with Gasteiger partial charge in [0.05, 0.1) is 5.60 Å². The lowest BCUT2D eigenvalue weighted by Gasteiger charge is -2.44. The average molecular weight is 260 g/mol. The van der Waals surface area contributed by atoms with Gasteiger partial charge in [-0.25, -0.2) is 0 Å². The summed E-state index contributed by atoms with van der Waals surface area (Å²) in [5, 5.41) is 0. The molecular weight excluding hydrogens is 228 g/mol. The fourth-order valence-corrected chi connectivity index (χ4v) is 2.90. The summed E-state index contributed by atoms with van der Waals surface area (Å²) in [6.07, 6.45) is 10.1. The Balaban J connectivity index is 4.39. The quantitative estimate of drug-likeness (QED) is 0.503. The molecule has 0 amide bonds. The second-order valence-electron chi connectivity index (χ2n) is 5.83. The number of ether oxygens (including phenoxy) is 1. The summed E-state index contributed by atoms with van der Waals surface area (Å²) in [4.78, 5) is 0. The number of rotatable bonds is 10. The van der Waals surface area contributed by atoms with Crippen molar-refractivity contribution >= 4 is 11.8 Å². The molecule has 0 saturated carbocycles. The highest BCUT2D eigenvalue weighted by atomic mass is 32.2. The van der Waals surface area contributed by atoms with Gasteiger partial charge in [-0.15, -0.1) is 0 Å². The zero-order chi connectivity index (χ0) is 13.4. The van der Waals surface area contributed by atoms with Gasteiger partial charge in [-0.05, 0) is 44.1 Å². The molecule has 2 heteroatoms. The summed E-state index contributed by atoms with van der Waals surface area (Å²) in [6, 6.07) is 0. The Morgan fingerprint density at radius 2 is 1.65 bits per heavy atom. The summed E-state index contributed by atoms with van der Waals surface area (Å²) in [7, 11) is 1.85. The van der Waals surface area contributed by atoms with Crippen LogP contribution in [0.5, 0.6) is 0 Å². The summed E-state index contributed by atoms with van der Waals surface area (Å²) in [5.74, 6) is 1.23. The molecule has 0 radical (unpaired) electrons. The van der Waals surface area contributed by atoms with Crippen molar-refractivity contribution in [2.45, 2.75) is 71.8 Å². The molecule has 0 bridgehead atoms. The molecule has 0 aromatic carbocycles. The van der Waals surface area contributed by atoms with E-state index < -0.39 is 0 Å². The molecule has 0 saturated heterocycles. The monoisotopic (exact) mass is 260 g/mol. The van der Waals surface area contributed by atoms with Gasteiger partial charge in [-0.2, -0.15) is 11.8 Å². The maximum Gasteiger partial charge on any atom is 0.0676 e. The first-order chi connectivity index (χ1) is 7.93. The molecule has 0 aromatic rings. The molecule has 0 rings (SSSR count). The molecule has 0 aliphatic heterocycles. The lowest BCUT2D eigenvalue weighted by molar-refractivity contribution is -0.0856. The number of hydrogen-bond donors (Lipinski definition) is 0. The predicted molar refractivity (Wildman–Crippen MR) is 81.0 cm³/mol. The van der Waals surface area contributed by atoms with Crippen LogP contribution in [0.15, 0.2) is 0 Å². The van der Waals surface area contributed by atoms with E-state index in [4.69, 9.17) is 4.74 Å². The SMILES string of the molecule is CCCCCCC(C)(CCSC)C(C)(C)OC. The van der Waals surface area contributed by atoms with Gasteiger partial charge in [-0.1, -0.05) is 39.5 Å². The van der Waals surface area contributed by atoms with Crippen LogP contribution in [-0.4, -0.2) is 24.7 Å². The Bertz CT molecular complexity index is 191. The lowest BCUT2D eigenvalue weighted by atomic mass is 9.70. The van der Waals surface area contributed by atoms with E-state index in [-0.39, 0.29) is 5.60 Å². The number of methoxy groups -OCH3 is 1. The highest BCUT2D eigenvalue weighted by Crippen LogP contribution is 2.42. The van der Waals surface area contributed by atoms with Crippen molar-refractivity contribution in [3.63, 3.8) is 0 Å². The molecule has 0 fully saturated rings. The van der Waals surface area contributed by atoms with E-state index in [1.165, 1.54) is 44.3 Å². The first-order valence-electron chi connectivity index (χ1n) is 6.97. The van der Waals surface area contributed by atoms with Crippen LogP contribution in [0.3, 0.4) is 0 Å². The van der Waals surface area contributed by atoms with Crippen LogP contribution in [0.2, 0.25) is 0 Å². The van der Waals surface area contributed by atoms with Gasteiger partial charge < -0.3 is 4.74 Å². The number of unbranched alkanes of at least 4 members (excludes halogenated alkanes) is 3. The zero-order valence-corrected chi connectivity index (χ0v) is 13.6. The molecule has 1 nitrogen and oxygen atoms in total. The third-order valence-electron chi connectivity index (χ3n) is 4.40. The minimum Gasteiger partial charge on any atom is -0.378 e. The fourth-order valence-electron chi connectivity index (χ4n) is 2.24. The van der Waals surface area contributed by atoms with Crippen LogP contribution in [0.25, 0.3) is 0 Å². The molecule has 0 aliphatic carbocycles. The average Bonchev–Trinajstić information content (AvgIpc) is 2.32. The molecule has 17 heavy (non-hydrogen) atoms. The minimum absolute atomic E-state index is 0.0189. The van der Waals surface area contributed by atoms with Crippen molar-refractivity contribution in [1.82, 2.24) is 0 Å². The second kappa shape index (κ2) is 8.42. The molecule has 0 N–H and O–H groups in total. The van der Waals surface area contributed by atoms with E-state index >= 15 is 0 Å². The maximum absolute atomic E-state index is 5.75. The standard InChI is InChI=1S/C15H32OS/c1-7-8-9-10-11-15(4,12-13-17-6)14(2,3)16-5/h7-13H2,1-6H3. The minimum atomic E-state index is -0.0189. The molecule has 0 aliphatic rings. The fraction of sp³-hybridized carbons (Fsp3) is 1.00. The third-order valence-corrected chi connectivity index (χ3v) is 5.02. The highest BCUT2D eigenvalue weighted by Gasteiger charge is 2.40. The first kappa shape index (κ1) is 17.3. The number of hydrogen-bond acceptors (Lipinski definition) is 2. The molecule has 1 atom stereocenters. The topological polar surface area (TPSA) is 9.23 Å².